The van der Waals surface area contributed by atoms with Crippen molar-refractivity contribution in [1.29, 1.82) is 0 Å². The zero-order valence-corrected chi connectivity index (χ0v) is 17.5. The van der Waals surface area contributed by atoms with Crippen molar-refractivity contribution in [2.45, 2.75) is 20.3 Å². The molecule has 4 aromatic rings. The van der Waals surface area contributed by atoms with Crippen LogP contribution in [0.15, 0.2) is 48.7 Å². The Labute approximate surface area is 179 Å². The van der Waals surface area contributed by atoms with Crippen LogP contribution >= 0.6 is 0 Å². The molecule has 0 saturated heterocycles. The van der Waals surface area contributed by atoms with E-state index in [4.69, 9.17) is 4.74 Å². The van der Waals surface area contributed by atoms with Gasteiger partial charge in [0, 0.05) is 23.1 Å². The summed E-state index contributed by atoms with van der Waals surface area (Å²) in [6.07, 6.45) is 2.30. The molecule has 2 heterocycles. The highest BCUT2D eigenvalue weighted by atomic mass is 16.5. The van der Waals surface area contributed by atoms with E-state index in [-0.39, 0.29) is 5.91 Å². The molecule has 0 aliphatic rings. The van der Waals surface area contributed by atoms with E-state index in [2.05, 4.69) is 36.0 Å². The van der Waals surface area contributed by atoms with Gasteiger partial charge in [0.1, 0.15) is 12.4 Å². The topological polar surface area (TPSA) is 121 Å². The van der Waals surface area contributed by atoms with Crippen LogP contribution in [0, 0.1) is 5.92 Å². The molecule has 0 spiro atoms. The fraction of sp³-hybridized carbons (Fsp3) is 0.273. The number of nitrogens with zero attached hydrogens (tertiary/aromatic N) is 3. The van der Waals surface area contributed by atoms with Crippen molar-refractivity contribution in [1.82, 2.24) is 30.7 Å². The third-order valence-electron chi connectivity index (χ3n) is 4.60. The SMILES string of the molecule is CC(C)CC(=O)NCCOc1ccc(-c2nc(Nc3ccc4[nH]ncc4c3)n[nH]2)cc1. The summed E-state index contributed by atoms with van der Waals surface area (Å²) in [5.74, 6) is 2.26. The number of aromatic nitrogens is 5. The lowest BCUT2D eigenvalue weighted by Crippen LogP contribution is -2.28. The quantitative estimate of drug-likeness (QED) is 0.308. The molecular weight excluding hydrogens is 394 g/mol. The number of anilines is 2. The van der Waals surface area contributed by atoms with Gasteiger partial charge in [-0.2, -0.15) is 10.1 Å². The Kier molecular flexibility index (Phi) is 6.11. The van der Waals surface area contributed by atoms with Crippen LogP contribution in [0.25, 0.3) is 22.3 Å². The second-order valence-corrected chi connectivity index (χ2v) is 7.63. The second-order valence-electron chi connectivity index (χ2n) is 7.63. The molecule has 9 nitrogen and oxygen atoms in total. The van der Waals surface area contributed by atoms with Crippen LogP contribution in [0.1, 0.15) is 20.3 Å². The van der Waals surface area contributed by atoms with Crippen molar-refractivity contribution in [3.63, 3.8) is 0 Å². The predicted octanol–water partition coefficient (Wildman–Crippen LogP) is 3.63. The molecule has 0 saturated carbocycles. The molecule has 4 rings (SSSR count). The summed E-state index contributed by atoms with van der Waals surface area (Å²) in [6, 6.07) is 13.4. The summed E-state index contributed by atoms with van der Waals surface area (Å²) >= 11 is 0. The van der Waals surface area contributed by atoms with E-state index in [1.807, 2.05) is 56.3 Å². The van der Waals surface area contributed by atoms with Crippen LogP contribution in [-0.4, -0.2) is 44.4 Å². The molecule has 31 heavy (non-hydrogen) atoms. The maximum atomic E-state index is 11.6. The average molecular weight is 419 g/mol. The average Bonchev–Trinajstić information content (AvgIpc) is 3.40. The molecule has 1 amide bonds. The Morgan fingerprint density at radius 2 is 1.97 bits per heavy atom. The standard InChI is InChI=1S/C22H25N7O2/c1-14(2)11-20(30)23-9-10-31-18-6-3-15(4-7-18)21-26-22(29-28-21)25-17-5-8-19-16(12-17)13-24-27-19/h3-8,12-14H,9-11H2,1-2H3,(H,23,30)(H,24,27)(H2,25,26,28,29). The van der Waals surface area contributed by atoms with Gasteiger partial charge in [0.05, 0.1) is 18.3 Å². The molecule has 0 aliphatic heterocycles. The first-order valence-electron chi connectivity index (χ1n) is 10.2. The lowest BCUT2D eigenvalue weighted by molar-refractivity contribution is -0.121. The minimum atomic E-state index is 0.0494. The molecule has 4 N–H and O–H groups in total. The maximum Gasteiger partial charge on any atom is 0.246 e. The van der Waals surface area contributed by atoms with Gasteiger partial charge in [-0.3, -0.25) is 15.0 Å². The highest BCUT2D eigenvalue weighted by Gasteiger charge is 2.08. The van der Waals surface area contributed by atoms with Gasteiger partial charge in [0.25, 0.3) is 0 Å². The molecule has 0 atom stereocenters. The normalized spacial score (nSPS) is 11.1. The molecule has 0 fully saturated rings. The number of benzene rings is 2. The lowest BCUT2D eigenvalue weighted by atomic mass is 10.1. The highest BCUT2D eigenvalue weighted by Crippen LogP contribution is 2.23. The van der Waals surface area contributed by atoms with Crippen LogP contribution in [0.5, 0.6) is 5.75 Å². The summed E-state index contributed by atoms with van der Waals surface area (Å²) in [5.41, 5.74) is 2.74. The van der Waals surface area contributed by atoms with Crippen LogP contribution in [0.3, 0.4) is 0 Å². The first kappa shape index (κ1) is 20.4. The van der Waals surface area contributed by atoms with Crippen molar-refractivity contribution >= 4 is 28.4 Å². The van der Waals surface area contributed by atoms with Gasteiger partial charge >= 0.3 is 0 Å². The number of carbonyl (C=O) groups excluding carboxylic acids is 1. The number of fused-ring (bicyclic) bond motifs is 1. The Hall–Kier alpha value is -3.88. The van der Waals surface area contributed by atoms with Crippen molar-refractivity contribution in [3.05, 3.63) is 48.7 Å². The fourth-order valence-electron chi connectivity index (χ4n) is 3.11. The number of hydrogen-bond donors (Lipinski definition) is 4. The van der Waals surface area contributed by atoms with E-state index in [1.165, 1.54) is 0 Å². The zero-order chi connectivity index (χ0) is 21.6. The zero-order valence-electron chi connectivity index (χ0n) is 17.5. The molecule has 0 radical (unpaired) electrons. The molecule has 2 aromatic carbocycles. The van der Waals surface area contributed by atoms with Crippen LogP contribution in [0.4, 0.5) is 11.6 Å². The summed E-state index contributed by atoms with van der Waals surface area (Å²) in [7, 11) is 0. The maximum absolute atomic E-state index is 11.6. The molecule has 2 aromatic heterocycles. The van der Waals surface area contributed by atoms with E-state index >= 15 is 0 Å². The Morgan fingerprint density at radius 1 is 1.13 bits per heavy atom. The first-order chi connectivity index (χ1) is 15.1. The van der Waals surface area contributed by atoms with Gasteiger partial charge in [-0.15, -0.1) is 5.10 Å². The minimum absolute atomic E-state index is 0.0494. The van der Waals surface area contributed by atoms with E-state index in [9.17, 15) is 4.79 Å². The van der Waals surface area contributed by atoms with Crippen LogP contribution < -0.4 is 15.4 Å². The Morgan fingerprint density at radius 3 is 2.77 bits per heavy atom. The number of nitrogens with one attached hydrogen (secondary N) is 4. The van der Waals surface area contributed by atoms with Crippen molar-refractivity contribution in [2.24, 2.45) is 5.92 Å². The summed E-state index contributed by atoms with van der Waals surface area (Å²) in [4.78, 5) is 16.1. The van der Waals surface area contributed by atoms with Gasteiger partial charge in [0.2, 0.25) is 11.9 Å². The van der Waals surface area contributed by atoms with E-state index in [0.29, 0.717) is 37.3 Å². The number of ether oxygens (including phenoxy) is 1. The predicted molar refractivity (Wildman–Crippen MR) is 119 cm³/mol. The van der Waals surface area contributed by atoms with Gasteiger partial charge in [0.15, 0.2) is 5.82 Å². The third-order valence-corrected chi connectivity index (χ3v) is 4.60. The molecular formula is C22H25N7O2. The van der Waals surface area contributed by atoms with Gasteiger partial charge < -0.3 is 15.4 Å². The van der Waals surface area contributed by atoms with Gasteiger partial charge in [-0.1, -0.05) is 13.8 Å². The lowest BCUT2D eigenvalue weighted by Gasteiger charge is -2.09. The van der Waals surface area contributed by atoms with Gasteiger partial charge in [-0.05, 0) is 48.4 Å². The number of amides is 1. The highest BCUT2D eigenvalue weighted by molar-refractivity contribution is 5.82. The fourth-order valence-corrected chi connectivity index (χ4v) is 3.11. The number of hydrogen-bond acceptors (Lipinski definition) is 6. The third kappa shape index (κ3) is 5.39. The largest absolute Gasteiger partial charge is 0.492 e. The smallest absolute Gasteiger partial charge is 0.246 e. The monoisotopic (exact) mass is 419 g/mol. The van der Waals surface area contributed by atoms with E-state index in [1.54, 1.807) is 6.20 Å². The first-order valence-corrected chi connectivity index (χ1v) is 10.2. The second kappa shape index (κ2) is 9.29. The molecule has 160 valence electrons. The van der Waals surface area contributed by atoms with Crippen LogP contribution in [-0.2, 0) is 4.79 Å². The Balaban J connectivity index is 1.30. The Bertz CT molecular complexity index is 1150. The van der Waals surface area contributed by atoms with E-state index < -0.39 is 0 Å². The number of carbonyl (C=O) groups is 1. The van der Waals surface area contributed by atoms with Crippen LogP contribution in [0.2, 0.25) is 0 Å². The van der Waals surface area contributed by atoms with Gasteiger partial charge in [-0.25, -0.2) is 0 Å². The van der Waals surface area contributed by atoms with Crippen molar-refractivity contribution in [3.8, 4) is 17.1 Å². The van der Waals surface area contributed by atoms with Crippen molar-refractivity contribution < 1.29 is 9.53 Å². The number of aromatic amines is 2. The molecule has 9 heteroatoms. The molecule has 0 bridgehead atoms. The summed E-state index contributed by atoms with van der Waals surface area (Å²) in [5, 5.41) is 21.2. The molecule has 0 unspecified atom stereocenters. The summed E-state index contributed by atoms with van der Waals surface area (Å²) in [6.45, 7) is 4.94. The summed E-state index contributed by atoms with van der Waals surface area (Å²) < 4.78 is 5.68. The van der Waals surface area contributed by atoms with E-state index in [0.717, 1.165) is 27.9 Å². The number of rotatable bonds is 9. The number of H-pyrrole nitrogens is 2. The van der Waals surface area contributed by atoms with Crippen molar-refractivity contribution in [2.75, 3.05) is 18.5 Å². The minimum Gasteiger partial charge on any atom is -0.492 e. The molecule has 0 aliphatic carbocycles.